The van der Waals surface area contributed by atoms with Crippen molar-refractivity contribution in [1.82, 2.24) is 9.97 Å². The number of fused-ring (bicyclic) bond motifs is 1. The number of aromatic carboxylic acids is 1. The first kappa shape index (κ1) is 18.6. The number of halogens is 1. The Bertz CT molecular complexity index is 1180. The molecule has 4 rings (SSSR count). The van der Waals surface area contributed by atoms with Crippen molar-refractivity contribution in [3.63, 3.8) is 0 Å². The van der Waals surface area contributed by atoms with Crippen molar-refractivity contribution in [1.29, 1.82) is 0 Å². The van der Waals surface area contributed by atoms with Gasteiger partial charge in [0.2, 0.25) is 5.76 Å². The van der Waals surface area contributed by atoms with Crippen LogP contribution in [0.5, 0.6) is 0 Å². The summed E-state index contributed by atoms with van der Waals surface area (Å²) in [5.74, 6) is 0.197. The Morgan fingerprint density at radius 1 is 1.18 bits per heavy atom. The molecule has 0 aliphatic rings. The lowest BCUT2D eigenvalue weighted by atomic mass is 10.0. The maximum Gasteiger partial charge on any atom is 0.371 e. The minimum atomic E-state index is -1.09. The quantitative estimate of drug-likeness (QED) is 0.334. The van der Waals surface area contributed by atoms with Gasteiger partial charge in [0.25, 0.3) is 0 Å². The van der Waals surface area contributed by atoms with Crippen molar-refractivity contribution in [2.24, 2.45) is 0 Å². The molecule has 1 aromatic carbocycles. The summed E-state index contributed by atoms with van der Waals surface area (Å²) in [6, 6.07) is 9.49. The molecule has 3 heterocycles. The lowest BCUT2D eigenvalue weighted by Crippen LogP contribution is -1.93. The lowest BCUT2D eigenvalue weighted by molar-refractivity contribution is 0.0661. The molecule has 0 atom stereocenters. The zero-order valence-electron chi connectivity index (χ0n) is 15.0. The molecular weight excluding hydrogens is 399 g/mol. The third kappa shape index (κ3) is 3.53. The third-order valence-corrected chi connectivity index (χ3v) is 6.16. The van der Waals surface area contributed by atoms with Crippen LogP contribution in [-0.4, -0.2) is 21.0 Å². The summed E-state index contributed by atoms with van der Waals surface area (Å²) in [6.45, 7) is 3.85. The van der Waals surface area contributed by atoms with Crippen molar-refractivity contribution in [2.75, 3.05) is 0 Å². The van der Waals surface area contributed by atoms with Crippen molar-refractivity contribution in [3.05, 3.63) is 64.4 Å². The Hall–Kier alpha value is -2.71. The minimum absolute atomic E-state index is 0.0852. The van der Waals surface area contributed by atoms with Crippen LogP contribution in [0.15, 0.2) is 45.8 Å². The van der Waals surface area contributed by atoms with Crippen LogP contribution in [0.4, 0.5) is 4.39 Å². The highest BCUT2D eigenvalue weighted by Gasteiger charge is 2.19. The van der Waals surface area contributed by atoms with Crippen LogP contribution in [0.3, 0.4) is 0 Å². The number of rotatable bonds is 5. The van der Waals surface area contributed by atoms with Gasteiger partial charge in [-0.25, -0.2) is 19.2 Å². The van der Waals surface area contributed by atoms with E-state index in [2.05, 4.69) is 9.97 Å². The maximum absolute atomic E-state index is 13.4. The first-order chi connectivity index (χ1) is 13.4. The van der Waals surface area contributed by atoms with E-state index in [4.69, 9.17) is 9.52 Å². The van der Waals surface area contributed by atoms with E-state index in [1.165, 1.54) is 30.0 Å². The maximum atomic E-state index is 13.4. The molecule has 0 aliphatic heterocycles. The van der Waals surface area contributed by atoms with E-state index in [-0.39, 0.29) is 11.6 Å². The summed E-state index contributed by atoms with van der Waals surface area (Å²) in [5.41, 5.74) is 1.90. The number of thioether (sulfide) groups is 1. The molecule has 0 saturated heterocycles. The standard InChI is InChI=1S/C20H15FN2O3S2/c1-10-16(12-3-5-13(21)6-4-12)17-18(22-11(2)23-19(17)28-10)27-9-14-7-8-15(26-14)20(24)25/h3-8H,9H2,1-2H3,(H,24,25). The molecule has 4 aromatic rings. The highest BCUT2D eigenvalue weighted by Crippen LogP contribution is 2.42. The van der Waals surface area contributed by atoms with Crippen molar-refractivity contribution >= 4 is 39.3 Å². The number of nitrogens with zero attached hydrogens (tertiary/aromatic N) is 2. The second-order valence-electron chi connectivity index (χ2n) is 6.16. The first-order valence-corrected chi connectivity index (χ1v) is 10.2. The van der Waals surface area contributed by atoms with Crippen LogP contribution in [-0.2, 0) is 5.75 Å². The van der Waals surface area contributed by atoms with E-state index in [9.17, 15) is 9.18 Å². The summed E-state index contributed by atoms with van der Waals surface area (Å²) in [5, 5.41) is 10.7. The summed E-state index contributed by atoms with van der Waals surface area (Å²) in [6.07, 6.45) is 0. The molecule has 0 amide bonds. The van der Waals surface area contributed by atoms with Gasteiger partial charge >= 0.3 is 5.97 Å². The second kappa shape index (κ2) is 7.37. The number of aryl methyl sites for hydroxylation is 2. The molecule has 0 fully saturated rings. The number of furan rings is 1. The molecule has 0 aliphatic carbocycles. The van der Waals surface area contributed by atoms with Gasteiger partial charge in [-0.3, -0.25) is 0 Å². The Balaban J connectivity index is 1.76. The molecule has 0 spiro atoms. The average Bonchev–Trinajstić information content (AvgIpc) is 3.24. The number of thiophene rings is 1. The molecule has 1 N–H and O–H groups in total. The van der Waals surface area contributed by atoms with Gasteiger partial charge in [-0.1, -0.05) is 23.9 Å². The predicted octanol–water partition coefficient (Wildman–Crippen LogP) is 5.70. The second-order valence-corrected chi connectivity index (χ2v) is 8.32. The van der Waals surface area contributed by atoms with E-state index in [1.54, 1.807) is 29.5 Å². The topological polar surface area (TPSA) is 76.2 Å². The van der Waals surface area contributed by atoms with Gasteiger partial charge in [-0.05, 0) is 43.7 Å². The number of carboxylic acids is 1. The number of carbonyl (C=O) groups is 1. The van der Waals surface area contributed by atoms with E-state index in [1.807, 2.05) is 13.8 Å². The SMILES string of the molecule is Cc1nc(SCc2ccc(C(=O)O)o2)c2c(-c3ccc(F)cc3)c(C)sc2n1. The van der Waals surface area contributed by atoms with Gasteiger partial charge in [0, 0.05) is 10.4 Å². The van der Waals surface area contributed by atoms with Crippen LogP contribution >= 0.6 is 23.1 Å². The van der Waals surface area contributed by atoms with E-state index >= 15 is 0 Å². The van der Waals surface area contributed by atoms with Crippen LogP contribution in [0.2, 0.25) is 0 Å². The van der Waals surface area contributed by atoms with Crippen LogP contribution in [0, 0.1) is 19.7 Å². The van der Waals surface area contributed by atoms with E-state index in [0.29, 0.717) is 17.3 Å². The highest BCUT2D eigenvalue weighted by molar-refractivity contribution is 7.98. The van der Waals surface area contributed by atoms with Crippen LogP contribution in [0.1, 0.15) is 27.0 Å². The summed E-state index contributed by atoms with van der Waals surface area (Å²) in [4.78, 5) is 22.1. The van der Waals surface area contributed by atoms with Gasteiger partial charge in [0.05, 0.1) is 11.1 Å². The molecule has 0 unspecified atom stereocenters. The number of hydrogen-bond acceptors (Lipinski definition) is 6. The van der Waals surface area contributed by atoms with Gasteiger partial charge in [-0.2, -0.15) is 0 Å². The molecule has 5 nitrogen and oxygen atoms in total. The van der Waals surface area contributed by atoms with Gasteiger partial charge in [0.15, 0.2) is 0 Å². The molecule has 28 heavy (non-hydrogen) atoms. The van der Waals surface area contributed by atoms with Gasteiger partial charge < -0.3 is 9.52 Å². The molecular formula is C20H15FN2O3S2. The minimum Gasteiger partial charge on any atom is -0.475 e. The molecule has 8 heteroatoms. The van der Waals surface area contributed by atoms with E-state index < -0.39 is 5.97 Å². The largest absolute Gasteiger partial charge is 0.475 e. The zero-order valence-corrected chi connectivity index (χ0v) is 16.7. The fourth-order valence-corrected chi connectivity index (χ4v) is 5.09. The Morgan fingerprint density at radius 2 is 1.93 bits per heavy atom. The number of carboxylic acid groups (broad SMARTS) is 1. The highest BCUT2D eigenvalue weighted by atomic mass is 32.2. The fourth-order valence-electron chi connectivity index (χ4n) is 2.96. The normalized spacial score (nSPS) is 11.2. The number of hydrogen-bond donors (Lipinski definition) is 1. The Labute approximate surface area is 168 Å². The Morgan fingerprint density at radius 3 is 2.61 bits per heavy atom. The van der Waals surface area contributed by atoms with Crippen LogP contribution < -0.4 is 0 Å². The summed E-state index contributed by atoms with van der Waals surface area (Å²) < 4.78 is 18.7. The monoisotopic (exact) mass is 414 g/mol. The summed E-state index contributed by atoms with van der Waals surface area (Å²) in [7, 11) is 0. The average molecular weight is 414 g/mol. The zero-order chi connectivity index (χ0) is 19.8. The first-order valence-electron chi connectivity index (χ1n) is 8.41. The van der Waals surface area contributed by atoms with Crippen molar-refractivity contribution in [3.8, 4) is 11.1 Å². The molecule has 3 aromatic heterocycles. The predicted molar refractivity (Wildman–Crippen MR) is 108 cm³/mol. The number of aromatic nitrogens is 2. The van der Waals surface area contributed by atoms with Gasteiger partial charge in [0.1, 0.15) is 27.3 Å². The van der Waals surface area contributed by atoms with Crippen molar-refractivity contribution < 1.29 is 18.7 Å². The van der Waals surface area contributed by atoms with Gasteiger partial charge in [-0.15, -0.1) is 11.3 Å². The molecule has 0 bridgehead atoms. The molecule has 0 radical (unpaired) electrons. The molecule has 142 valence electrons. The van der Waals surface area contributed by atoms with Crippen molar-refractivity contribution in [2.45, 2.75) is 24.6 Å². The van der Waals surface area contributed by atoms with E-state index in [0.717, 1.165) is 31.2 Å². The molecule has 0 saturated carbocycles. The lowest BCUT2D eigenvalue weighted by Gasteiger charge is -2.07. The Kier molecular flexibility index (Phi) is 4.91. The summed E-state index contributed by atoms with van der Waals surface area (Å²) >= 11 is 3.04. The smallest absolute Gasteiger partial charge is 0.371 e. The van der Waals surface area contributed by atoms with Crippen LogP contribution in [0.25, 0.3) is 21.3 Å². The third-order valence-electron chi connectivity index (χ3n) is 4.16. The fraction of sp³-hybridized carbons (Fsp3) is 0.150. The number of benzene rings is 1.